The monoisotopic (exact) mass is 288 g/mol. The molecule has 0 aliphatic rings. The van der Waals surface area contributed by atoms with Crippen molar-refractivity contribution in [3.05, 3.63) is 29.0 Å². The molecule has 0 radical (unpaired) electrons. The Morgan fingerprint density at radius 3 is 2.79 bits per heavy atom. The van der Waals surface area contributed by atoms with Gasteiger partial charge < -0.3 is 15.7 Å². The Morgan fingerprint density at radius 2 is 2.21 bits per heavy atom. The predicted molar refractivity (Wildman–Crippen MR) is 74.0 cm³/mol. The van der Waals surface area contributed by atoms with Gasteiger partial charge in [0.05, 0.1) is 10.7 Å². The van der Waals surface area contributed by atoms with Crippen LogP contribution in [0.2, 0.25) is 5.02 Å². The number of benzene rings is 1. The van der Waals surface area contributed by atoms with Gasteiger partial charge in [0.25, 0.3) is 0 Å². The third-order valence-electron chi connectivity index (χ3n) is 3.06. The Balaban J connectivity index is 2.72. The minimum absolute atomic E-state index is 0.0208. The highest BCUT2D eigenvalue weighted by atomic mass is 35.5. The van der Waals surface area contributed by atoms with Crippen molar-refractivity contribution in [1.82, 2.24) is 5.32 Å². The lowest BCUT2D eigenvalue weighted by Gasteiger charge is -2.29. The number of halogens is 2. The molecule has 0 spiro atoms. The lowest BCUT2D eigenvalue weighted by Crippen LogP contribution is -2.48. The second-order valence-corrected chi connectivity index (χ2v) is 4.98. The van der Waals surface area contributed by atoms with Crippen LogP contribution in [0.25, 0.3) is 0 Å². The number of hydrogen-bond acceptors (Lipinski definition) is 2. The molecule has 1 aromatic carbocycles. The van der Waals surface area contributed by atoms with E-state index in [1.54, 1.807) is 6.07 Å². The van der Waals surface area contributed by atoms with E-state index in [9.17, 15) is 9.18 Å². The average Bonchev–Trinajstić information content (AvgIpc) is 2.35. The zero-order chi connectivity index (χ0) is 14.5. The summed E-state index contributed by atoms with van der Waals surface area (Å²) in [5.41, 5.74) is -0.513. The number of carbonyl (C=O) groups is 1. The van der Waals surface area contributed by atoms with Gasteiger partial charge in [0.15, 0.2) is 5.82 Å². The highest BCUT2D eigenvalue weighted by Gasteiger charge is 2.24. The summed E-state index contributed by atoms with van der Waals surface area (Å²) in [6.45, 7) is 3.68. The third kappa shape index (κ3) is 4.36. The van der Waals surface area contributed by atoms with Gasteiger partial charge in [-0.05, 0) is 31.9 Å². The van der Waals surface area contributed by atoms with Crippen molar-refractivity contribution in [1.29, 1.82) is 0 Å². The number of carbonyl (C=O) groups excluding carboxylic acids is 1. The molecule has 0 saturated carbocycles. The maximum Gasteiger partial charge on any atom is 0.319 e. The topological polar surface area (TPSA) is 61.4 Å². The zero-order valence-corrected chi connectivity index (χ0v) is 11.7. The molecule has 4 nitrogen and oxygen atoms in total. The molecule has 0 bridgehead atoms. The van der Waals surface area contributed by atoms with Gasteiger partial charge >= 0.3 is 6.03 Å². The maximum atomic E-state index is 13.6. The lowest BCUT2D eigenvalue weighted by molar-refractivity contribution is 0.208. The van der Waals surface area contributed by atoms with Gasteiger partial charge in [0, 0.05) is 12.1 Å². The van der Waals surface area contributed by atoms with E-state index in [-0.39, 0.29) is 17.3 Å². The third-order valence-corrected chi connectivity index (χ3v) is 3.35. The van der Waals surface area contributed by atoms with Crippen molar-refractivity contribution in [2.45, 2.75) is 32.2 Å². The fourth-order valence-electron chi connectivity index (χ4n) is 1.60. The molecule has 0 aliphatic heterocycles. The van der Waals surface area contributed by atoms with E-state index in [4.69, 9.17) is 16.7 Å². The summed E-state index contributed by atoms with van der Waals surface area (Å²) in [6.07, 6.45) is 1.08. The molecular formula is C13H18ClFN2O2. The predicted octanol–water partition coefficient (Wildman–Crippen LogP) is 3.15. The van der Waals surface area contributed by atoms with Gasteiger partial charge in [-0.25, -0.2) is 9.18 Å². The molecule has 0 aromatic heterocycles. The molecule has 0 heterocycles. The Bertz CT molecular complexity index is 456. The normalized spacial score (nSPS) is 13.7. The summed E-state index contributed by atoms with van der Waals surface area (Å²) in [7, 11) is 0. The van der Waals surface area contributed by atoms with Crippen LogP contribution in [-0.2, 0) is 0 Å². The van der Waals surface area contributed by atoms with E-state index < -0.39 is 17.4 Å². The van der Waals surface area contributed by atoms with E-state index >= 15 is 0 Å². The van der Waals surface area contributed by atoms with E-state index in [1.165, 1.54) is 12.1 Å². The standard InChI is InChI=1S/C13H18ClFN2O2/c1-3-13(2,7-8-18)17-12(19)16-10-6-4-5-9(14)11(10)15/h4-6,18H,3,7-8H2,1-2H3,(H2,16,17,19). The molecule has 6 heteroatoms. The second kappa shape index (κ2) is 6.73. The van der Waals surface area contributed by atoms with Crippen LogP contribution in [-0.4, -0.2) is 23.3 Å². The number of nitrogens with one attached hydrogen (secondary N) is 2. The summed E-state index contributed by atoms with van der Waals surface area (Å²) >= 11 is 5.63. The van der Waals surface area contributed by atoms with Gasteiger partial charge in [-0.3, -0.25) is 0 Å². The first-order valence-electron chi connectivity index (χ1n) is 6.06. The van der Waals surface area contributed by atoms with Crippen LogP contribution >= 0.6 is 11.6 Å². The average molecular weight is 289 g/mol. The molecule has 0 fully saturated rings. The SMILES string of the molecule is CCC(C)(CCO)NC(=O)Nc1cccc(Cl)c1F. The maximum absolute atomic E-state index is 13.6. The lowest BCUT2D eigenvalue weighted by atomic mass is 9.95. The molecule has 1 rings (SSSR count). The molecule has 106 valence electrons. The molecular weight excluding hydrogens is 271 g/mol. The van der Waals surface area contributed by atoms with Gasteiger partial charge in [0.1, 0.15) is 0 Å². The van der Waals surface area contributed by atoms with E-state index in [0.29, 0.717) is 12.8 Å². The summed E-state index contributed by atoms with van der Waals surface area (Å²) < 4.78 is 13.6. The Labute approximate surface area is 117 Å². The van der Waals surface area contributed by atoms with Crippen molar-refractivity contribution in [3.63, 3.8) is 0 Å². The van der Waals surface area contributed by atoms with Crippen LogP contribution in [0.5, 0.6) is 0 Å². The number of rotatable bonds is 5. The van der Waals surface area contributed by atoms with Crippen LogP contribution in [0.15, 0.2) is 18.2 Å². The number of aliphatic hydroxyl groups excluding tert-OH is 1. The van der Waals surface area contributed by atoms with Crippen molar-refractivity contribution in [2.24, 2.45) is 0 Å². The minimum Gasteiger partial charge on any atom is -0.396 e. The van der Waals surface area contributed by atoms with Crippen LogP contribution in [0, 0.1) is 5.82 Å². The van der Waals surface area contributed by atoms with Crippen molar-refractivity contribution in [2.75, 3.05) is 11.9 Å². The molecule has 0 saturated heterocycles. The summed E-state index contributed by atoms with van der Waals surface area (Å²) in [4.78, 5) is 11.8. The van der Waals surface area contributed by atoms with E-state index in [0.717, 1.165) is 0 Å². The van der Waals surface area contributed by atoms with Crippen LogP contribution in [0.3, 0.4) is 0 Å². The Kier molecular flexibility index (Phi) is 5.57. The van der Waals surface area contributed by atoms with Crippen LogP contribution in [0.4, 0.5) is 14.9 Å². The van der Waals surface area contributed by atoms with Crippen molar-refractivity contribution >= 4 is 23.3 Å². The van der Waals surface area contributed by atoms with Gasteiger partial charge in [-0.15, -0.1) is 0 Å². The van der Waals surface area contributed by atoms with Crippen molar-refractivity contribution in [3.8, 4) is 0 Å². The van der Waals surface area contributed by atoms with Crippen molar-refractivity contribution < 1.29 is 14.3 Å². The number of aliphatic hydroxyl groups is 1. The number of hydrogen-bond donors (Lipinski definition) is 3. The fourth-order valence-corrected chi connectivity index (χ4v) is 1.78. The molecule has 1 aromatic rings. The number of urea groups is 1. The van der Waals surface area contributed by atoms with Crippen LogP contribution in [0.1, 0.15) is 26.7 Å². The molecule has 0 aliphatic carbocycles. The molecule has 1 unspecified atom stereocenters. The molecule has 2 amide bonds. The van der Waals surface area contributed by atoms with Gasteiger partial charge in [0.2, 0.25) is 0 Å². The zero-order valence-electron chi connectivity index (χ0n) is 11.0. The molecule has 3 N–H and O–H groups in total. The van der Waals surface area contributed by atoms with E-state index in [2.05, 4.69) is 10.6 Å². The Morgan fingerprint density at radius 1 is 1.53 bits per heavy atom. The first-order valence-corrected chi connectivity index (χ1v) is 6.43. The van der Waals surface area contributed by atoms with Crippen LogP contribution < -0.4 is 10.6 Å². The largest absolute Gasteiger partial charge is 0.396 e. The molecule has 19 heavy (non-hydrogen) atoms. The van der Waals surface area contributed by atoms with E-state index in [1.807, 2.05) is 13.8 Å². The second-order valence-electron chi connectivity index (χ2n) is 4.57. The molecule has 1 atom stereocenters. The minimum atomic E-state index is -0.667. The smallest absolute Gasteiger partial charge is 0.319 e. The van der Waals surface area contributed by atoms with Gasteiger partial charge in [-0.2, -0.15) is 0 Å². The first kappa shape index (κ1) is 15.7. The highest BCUT2D eigenvalue weighted by Crippen LogP contribution is 2.22. The highest BCUT2D eigenvalue weighted by molar-refractivity contribution is 6.31. The fraction of sp³-hybridized carbons (Fsp3) is 0.462. The number of anilines is 1. The first-order chi connectivity index (χ1) is 8.91. The van der Waals surface area contributed by atoms with Gasteiger partial charge in [-0.1, -0.05) is 24.6 Å². The summed E-state index contributed by atoms with van der Waals surface area (Å²) in [5.74, 6) is -0.667. The Hall–Kier alpha value is -1.33. The summed E-state index contributed by atoms with van der Waals surface area (Å²) in [6, 6.07) is 3.85. The number of amides is 2. The quantitative estimate of drug-likeness (QED) is 0.779. The summed E-state index contributed by atoms with van der Waals surface area (Å²) in [5, 5.41) is 14.0.